The molecule has 0 saturated carbocycles. The van der Waals surface area contributed by atoms with Crippen LogP contribution in [-0.4, -0.2) is 10.9 Å². The number of para-hydroxylation sites is 1. The van der Waals surface area contributed by atoms with Gasteiger partial charge in [-0.2, -0.15) is 0 Å². The van der Waals surface area contributed by atoms with Gasteiger partial charge >= 0.3 is 0 Å². The monoisotopic (exact) mass is 362 g/mol. The summed E-state index contributed by atoms with van der Waals surface area (Å²) in [5.41, 5.74) is 3.67. The Morgan fingerprint density at radius 3 is 2.44 bits per heavy atom. The zero-order chi connectivity index (χ0) is 19.8. The van der Waals surface area contributed by atoms with Crippen LogP contribution in [0.5, 0.6) is 0 Å². The van der Waals surface area contributed by atoms with E-state index in [2.05, 4.69) is 4.98 Å². The quantitative estimate of drug-likeness (QED) is 0.733. The summed E-state index contributed by atoms with van der Waals surface area (Å²) in [7, 11) is 0. The molecule has 0 radical (unpaired) electrons. The van der Waals surface area contributed by atoms with E-state index in [0.29, 0.717) is 5.56 Å². The smallest absolute Gasteiger partial charge is 0.253 e. The van der Waals surface area contributed by atoms with Crippen LogP contribution in [0.4, 0.5) is 5.69 Å². The average Bonchev–Trinajstić information content (AvgIpc) is 2.61. The van der Waals surface area contributed by atoms with E-state index in [1.165, 1.54) is 0 Å². The van der Waals surface area contributed by atoms with Crippen LogP contribution in [0.1, 0.15) is 37.5 Å². The lowest BCUT2D eigenvalue weighted by Gasteiger charge is -2.31. The van der Waals surface area contributed by atoms with Crippen molar-refractivity contribution in [3.05, 3.63) is 75.6 Å². The normalized spacial score (nSPS) is 11.6. The van der Waals surface area contributed by atoms with Crippen molar-refractivity contribution in [1.82, 2.24) is 4.98 Å². The van der Waals surface area contributed by atoms with Crippen molar-refractivity contribution in [3.63, 3.8) is 0 Å². The number of fused-ring (bicyclic) bond motifs is 1. The standard InChI is InChI=1S/C23H26N2O2/c1-15-9-8-12-20(16(15)2)25(22(27)23(3,4)5)14-18-13-17-10-6-7-11-19(17)24-21(18)26/h6-13H,14H2,1-5H3,(H,24,26). The molecule has 4 heteroatoms. The molecule has 1 heterocycles. The van der Waals surface area contributed by atoms with Gasteiger partial charge in [-0.3, -0.25) is 9.59 Å². The number of nitrogens with one attached hydrogen (secondary N) is 1. The number of pyridine rings is 1. The molecule has 0 bridgehead atoms. The summed E-state index contributed by atoms with van der Waals surface area (Å²) < 4.78 is 0. The summed E-state index contributed by atoms with van der Waals surface area (Å²) >= 11 is 0. The molecule has 27 heavy (non-hydrogen) atoms. The van der Waals surface area contributed by atoms with Crippen LogP contribution in [0.15, 0.2) is 53.3 Å². The Bertz CT molecular complexity index is 1060. The third-order valence-electron chi connectivity index (χ3n) is 4.91. The molecule has 0 spiro atoms. The second kappa shape index (κ2) is 7.03. The summed E-state index contributed by atoms with van der Waals surface area (Å²) in [6.07, 6.45) is 0. The molecule has 1 N–H and O–H groups in total. The molecule has 1 aromatic heterocycles. The Kier molecular flexibility index (Phi) is 4.92. The van der Waals surface area contributed by atoms with Gasteiger partial charge in [-0.1, -0.05) is 51.1 Å². The zero-order valence-corrected chi connectivity index (χ0v) is 16.6. The van der Waals surface area contributed by atoms with Crippen molar-refractivity contribution in [3.8, 4) is 0 Å². The molecule has 0 unspecified atom stereocenters. The molecule has 3 aromatic rings. The maximum atomic E-state index is 13.2. The third kappa shape index (κ3) is 3.80. The van der Waals surface area contributed by atoms with Crippen LogP contribution in [0.3, 0.4) is 0 Å². The number of aromatic nitrogens is 1. The second-order valence-electron chi connectivity index (χ2n) is 8.07. The van der Waals surface area contributed by atoms with Crippen molar-refractivity contribution in [2.45, 2.75) is 41.2 Å². The molecular weight excluding hydrogens is 336 g/mol. The highest BCUT2D eigenvalue weighted by Crippen LogP contribution is 2.29. The fourth-order valence-corrected chi connectivity index (χ4v) is 3.18. The molecule has 0 aliphatic heterocycles. The van der Waals surface area contributed by atoms with Gasteiger partial charge in [0.2, 0.25) is 5.91 Å². The number of rotatable bonds is 3. The number of H-pyrrole nitrogens is 1. The van der Waals surface area contributed by atoms with Crippen molar-refractivity contribution in [2.75, 3.05) is 4.90 Å². The number of aromatic amines is 1. The fraction of sp³-hybridized carbons (Fsp3) is 0.304. The molecule has 0 atom stereocenters. The van der Waals surface area contributed by atoms with Crippen molar-refractivity contribution in [2.24, 2.45) is 5.41 Å². The zero-order valence-electron chi connectivity index (χ0n) is 16.6. The summed E-state index contributed by atoms with van der Waals surface area (Å²) in [6, 6.07) is 15.5. The maximum Gasteiger partial charge on any atom is 0.253 e. The van der Waals surface area contributed by atoms with E-state index < -0.39 is 5.41 Å². The summed E-state index contributed by atoms with van der Waals surface area (Å²) in [4.78, 5) is 30.5. The Hall–Kier alpha value is -2.88. The SMILES string of the molecule is Cc1cccc(N(Cc2cc3ccccc3[nH]c2=O)C(=O)C(C)(C)C)c1C. The van der Waals surface area contributed by atoms with Crippen LogP contribution in [-0.2, 0) is 11.3 Å². The Morgan fingerprint density at radius 1 is 1.04 bits per heavy atom. The van der Waals surface area contributed by atoms with Crippen LogP contribution in [0.2, 0.25) is 0 Å². The highest BCUT2D eigenvalue weighted by atomic mass is 16.2. The number of hydrogen-bond donors (Lipinski definition) is 1. The molecular formula is C23H26N2O2. The minimum Gasteiger partial charge on any atom is -0.322 e. The number of carbonyl (C=O) groups is 1. The number of nitrogens with zero attached hydrogens (tertiary/aromatic N) is 1. The lowest BCUT2D eigenvalue weighted by Crippen LogP contribution is -2.40. The maximum absolute atomic E-state index is 13.2. The minimum absolute atomic E-state index is 0.0104. The van der Waals surface area contributed by atoms with Crippen molar-refractivity contribution in [1.29, 1.82) is 0 Å². The minimum atomic E-state index is -0.556. The van der Waals surface area contributed by atoms with Crippen molar-refractivity contribution < 1.29 is 4.79 Å². The Morgan fingerprint density at radius 2 is 1.74 bits per heavy atom. The largest absolute Gasteiger partial charge is 0.322 e. The number of amides is 1. The first kappa shape index (κ1) is 18.9. The second-order valence-corrected chi connectivity index (χ2v) is 8.07. The van der Waals surface area contributed by atoms with E-state index in [0.717, 1.165) is 27.7 Å². The van der Waals surface area contributed by atoms with Crippen LogP contribution in [0, 0.1) is 19.3 Å². The third-order valence-corrected chi connectivity index (χ3v) is 4.91. The summed E-state index contributed by atoms with van der Waals surface area (Å²) in [5.74, 6) is -0.0104. The molecule has 140 valence electrons. The predicted octanol–water partition coefficient (Wildman–Crippen LogP) is 4.72. The number of benzene rings is 2. The van der Waals surface area contributed by atoms with Gasteiger partial charge in [0, 0.05) is 22.2 Å². The topological polar surface area (TPSA) is 53.2 Å². The molecule has 0 aliphatic carbocycles. The van der Waals surface area contributed by atoms with Gasteiger partial charge in [0.1, 0.15) is 0 Å². The molecule has 2 aromatic carbocycles. The average molecular weight is 362 g/mol. The van der Waals surface area contributed by atoms with Crippen LogP contribution in [0.25, 0.3) is 10.9 Å². The van der Waals surface area contributed by atoms with Gasteiger partial charge in [-0.15, -0.1) is 0 Å². The predicted molar refractivity (Wildman–Crippen MR) is 111 cm³/mol. The molecule has 1 amide bonds. The first-order valence-electron chi connectivity index (χ1n) is 9.17. The van der Waals surface area contributed by atoms with Gasteiger partial charge in [0.25, 0.3) is 5.56 Å². The molecule has 0 fully saturated rings. The molecule has 3 rings (SSSR count). The summed E-state index contributed by atoms with van der Waals surface area (Å²) in [5, 5.41) is 0.955. The fourth-order valence-electron chi connectivity index (χ4n) is 3.18. The number of hydrogen-bond acceptors (Lipinski definition) is 2. The van der Waals surface area contributed by atoms with E-state index in [1.54, 1.807) is 4.90 Å². The van der Waals surface area contributed by atoms with Gasteiger partial charge in [0.05, 0.1) is 6.54 Å². The highest BCUT2D eigenvalue weighted by Gasteiger charge is 2.30. The molecule has 0 saturated heterocycles. The summed E-state index contributed by atoms with van der Waals surface area (Å²) in [6.45, 7) is 9.98. The van der Waals surface area contributed by atoms with Gasteiger partial charge < -0.3 is 9.88 Å². The van der Waals surface area contributed by atoms with E-state index in [1.807, 2.05) is 83.1 Å². The first-order chi connectivity index (χ1) is 12.7. The van der Waals surface area contributed by atoms with E-state index in [9.17, 15) is 9.59 Å². The van der Waals surface area contributed by atoms with Crippen LogP contribution >= 0.6 is 0 Å². The van der Waals surface area contributed by atoms with Gasteiger partial charge in [0.15, 0.2) is 0 Å². The van der Waals surface area contributed by atoms with Gasteiger partial charge in [-0.25, -0.2) is 0 Å². The Labute approximate surface area is 159 Å². The number of carbonyl (C=O) groups excluding carboxylic acids is 1. The van der Waals surface area contributed by atoms with E-state index in [4.69, 9.17) is 0 Å². The van der Waals surface area contributed by atoms with E-state index in [-0.39, 0.29) is 18.0 Å². The van der Waals surface area contributed by atoms with Crippen molar-refractivity contribution >= 4 is 22.5 Å². The molecule has 0 aliphatic rings. The Balaban J connectivity index is 2.12. The van der Waals surface area contributed by atoms with E-state index >= 15 is 0 Å². The lowest BCUT2D eigenvalue weighted by molar-refractivity contribution is -0.125. The highest BCUT2D eigenvalue weighted by molar-refractivity contribution is 5.97. The first-order valence-corrected chi connectivity index (χ1v) is 9.17. The molecule has 4 nitrogen and oxygen atoms in total. The lowest BCUT2D eigenvalue weighted by atomic mass is 9.93. The number of anilines is 1. The van der Waals surface area contributed by atoms with Gasteiger partial charge in [-0.05, 0) is 48.6 Å². The van der Waals surface area contributed by atoms with Crippen LogP contribution < -0.4 is 10.5 Å². The number of aryl methyl sites for hydroxylation is 1.